The number of rotatable bonds is 13. The van der Waals surface area contributed by atoms with Crippen LogP contribution in [0.4, 0.5) is 0 Å². The van der Waals surface area contributed by atoms with Gasteiger partial charge in [0.15, 0.2) is 0 Å². The van der Waals surface area contributed by atoms with Crippen LogP contribution in [0.25, 0.3) is 0 Å². The predicted molar refractivity (Wildman–Crippen MR) is 127 cm³/mol. The first-order chi connectivity index (χ1) is 16.8. The molecule has 0 fully saturated rings. The van der Waals surface area contributed by atoms with Gasteiger partial charge in [-0.25, -0.2) is 4.79 Å². The van der Waals surface area contributed by atoms with Gasteiger partial charge in [-0.3, -0.25) is 19.2 Å². The maximum absolute atomic E-state index is 12.5. The van der Waals surface area contributed by atoms with Gasteiger partial charge in [0.25, 0.3) is 0 Å². The smallest absolute Gasteiger partial charge is 0.326 e. The van der Waals surface area contributed by atoms with Crippen molar-refractivity contribution in [2.45, 2.75) is 24.9 Å². The van der Waals surface area contributed by atoms with E-state index in [0.29, 0.717) is 0 Å². The molecule has 0 aliphatic carbocycles. The molecule has 11 nitrogen and oxygen atoms in total. The second-order valence-electron chi connectivity index (χ2n) is 7.66. The number of hydrogen-bond acceptors (Lipinski definition) is 6. The Morgan fingerprint density at radius 1 is 0.686 bits per heavy atom. The van der Waals surface area contributed by atoms with Crippen LogP contribution in [-0.4, -0.2) is 66.4 Å². The lowest BCUT2D eigenvalue weighted by molar-refractivity contribution is -0.141. The minimum atomic E-state index is -1.20. The van der Waals surface area contributed by atoms with Gasteiger partial charge in [0.1, 0.15) is 12.1 Å². The first kappa shape index (κ1) is 27.0. The maximum Gasteiger partial charge on any atom is 0.326 e. The van der Waals surface area contributed by atoms with Crippen LogP contribution in [0.3, 0.4) is 0 Å². The van der Waals surface area contributed by atoms with E-state index in [0.717, 1.165) is 11.1 Å². The molecule has 0 bridgehead atoms. The summed E-state index contributed by atoms with van der Waals surface area (Å²) < 4.78 is 0. The monoisotopic (exact) mass is 483 g/mol. The van der Waals surface area contributed by atoms with E-state index in [9.17, 15) is 29.1 Å². The fraction of sp³-hybridized carbons (Fsp3) is 0.292. The molecule has 2 aromatic carbocycles. The van der Waals surface area contributed by atoms with Gasteiger partial charge in [0, 0.05) is 12.8 Å². The molecule has 0 aliphatic heterocycles. The summed E-state index contributed by atoms with van der Waals surface area (Å²) in [7, 11) is 0. The molecule has 2 aromatic rings. The van der Waals surface area contributed by atoms with E-state index >= 15 is 0 Å². The summed E-state index contributed by atoms with van der Waals surface area (Å²) in [5.74, 6) is -3.67. The number of nitrogens with two attached hydrogens (primary N) is 1. The van der Waals surface area contributed by atoms with E-state index in [-0.39, 0.29) is 19.4 Å². The van der Waals surface area contributed by atoms with E-state index in [1.807, 2.05) is 6.07 Å². The zero-order chi connectivity index (χ0) is 25.6. The van der Waals surface area contributed by atoms with Gasteiger partial charge in [-0.05, 0) is 11.1 Å². The van der Waals surface area contributed by atoms with Gasteiger partial charge in [0.05, 0.1) is 19.6 Å². The fourth-order valence-electron chi connectivity index (χ4n) is 3.14. The van der Waals surface area contributed by atoms with E-state index in [2.05, 4.69) is 21.3 Å². The van der Waals surface area contributed by atoms with Gasteiger partial charge in [0.2, 0.25) is 23.6 Å². The third kappa shape index (κ3) is 10.0. The number of carboxylic acids is 1. The third-order valence-corrected chi connectivity index (χ3v) is 4.91. The lowest BCUT2D eigenvalue weighted by Gasteiger charge is -2.18. The summed E-state index contributed by atoms with van der Waals surface area (Å²) in [6, 6.07) is 15.7. The molecule has 4 amide bonds. The van der Waals surface area contributed by atoms with E-state index in [4.69, 9.17) is 5.73 Å². The molecule has 0 saturated heterocycles. The molecule has 0 aliphatic rings. The van der Waals surface area contributed by atoms with Gasteiger partial charge in [-0.1, -0.05) is 60.7 Å². The van der Waals surface area contributed by atoms with Crippen LogP contribution in [0.2, 0.25) is 0 Å². The molecule has 0 unspecified atom stereocenters. The Hall–Kier alpha value is -4.25. The zero-order valence-electron chi connectivity index (χ0n) is 19.0. The van der Waals surface area contributed by atoms with E-state index < -0.39 is 54.8 Å². The molecule has 0 saturated carbocycles. The molecule has 7 N–H and O–H groups in total. The van der Waals surface area contributed by atoms with Crippen LogP contribution in [0.5, 0.6) is 0 Å². The Labute approximate surface area is 202 Å². The van der Waals surface area contributed by atoms with Gasteiger partial charge >= 0.3 is 5.97 Å². The van der Waals surface area contributed by atoms with Crippen molar-refractivity contribution in [2.24, 2.45) is 5.73 Å². The van der Waals surface area contributed by atoms with Crippen molar-refractivity contribution in [3.63, 3.8) is 0 Å². The number of nitrogens with one attached hydrogen (secondary N) is 4. The fourth-order valence-corrected chi connectivity index (χ4v) is 3.14. The van der Waals surface area contributed by atoms with Crippen molar-refractivity contribution in [3.05, 3.63) is 71.8 Å². The van der Waals surface area contributed by atoms with Crippen molar-refractivity contribution in [2.75, 3.05) is 19.6 Å². The third-order valence-electron chi connectivity index (χ3n) is 4.91. The Morgan fingerprint density at radius 2 is 1.17 bits per heavy atom. The van der Waals surface area contributed by atoms with E-state index in [1.165, 1.54) is 0 Å². The highest BCUT2D eigenvalue weighted by Crippen LogP contribution is 2.04. The zero-order valence-corrected chi connectivity index (χ0v) is 19.0. The van der Waals surface area contributed by atoms with E-state index in [1.54, 1.807) is 54.6 Å². The van der Waals surface area contributed by atoms with Crippen LogP contribution in [0.1, 0.15) is 11.1 Å². The number of amides is 4. The lowest BCUT2D eigenvalue weighted by Crippen LogP contribution is -2.52. The number of aliphatic carboxylic acids is 1. The molecule has 2 rings (SSSR count). The molecule has 0 heterocycles. The number of carbonyl (C=O) groups is 5. The minimum absolute atomic E-state index is 0.0865. The second-order valence-corrected chi connectivity index (χ2v) is 7.66. The molecule has 35 heavy (non-hydrogen) atoms. The quantitative estimate of drug-likeness (QED) is 0.205. The van der Waals surface area contributed by atoms with Crippen molar-refractivity contribution in [3.8, 4) is 0 Å². The van der Waals surface area contributed by atoms with Crippen LogP contribution >= 0.6 is 0 Å². The first-order valence-corrected chi connectivity index (χ1v) is 10.9. The number of hydrogen-bond donors (Lipinski definition) is 6. The minimum Gasteiger partial charge on any atom is -0.480 e. The Kier molecular flexibility index (Phi) is 10.9. The highest BCUT2D eigenvalue weighted by atomic mass is 16.4. The Balaban J connectivity index is 1.82. The summed E-state index contributed by atoms with van der Waals surface area (Å²) >= 11 is 0. The SMILES string of the molecule is NCC(=O)N[C@@H](Cc1ccccc1)C(=O)NCC(=O)NCC(=O)N[C@@H](Cc1ccccc1)C(=O)O. The topological polar surface area (TPSA) is 180 Å². The highest BCUT2D eigenvalue weighted by Gasteiger charge is 2.22. The molecule has 0 spiro atoms. The standard InChI is InChI=1S/C24H29N5O6/c25-13-20(30)28-18(11-16-7-3-1-4-8-16)23(33)27-14-21(31)26-15-22(32)29-19(24(34)35)12-17-9-5-2-6-10-17/h1-10,18-19H,11-15,25H2,(H,26,31)(H,27,33)(H,28,30)(H,29,32)(H,34,35)/t18-,19-/m0/s1. The number of carbonyl (C=O) groups excluding carboxylic acids is 4. The molecular weight excluding hydrogens is 454 g/mol. The van der Waals surface area contributed by atoms with Crippen molar-refractivity contribution in [1.82, 2.24) is 21.3 Å². The predicted octanol–water partition coefficient (Wildman–Crippen LogP) is -1.28. The molecule has 11 heteroatoms. The summed E-state index contributed by atoms with van der Waals surface area (Å²) in [5.41, 5.74) is 6.85. The van der Waals surface area contributed by atoms with Crippen LogP contribution in [0.15, 0.2) is 60.7 Å². The van der Waals surface area contributed by atoms with Crippen molar-refractivity contribution < 1.29 is 29.1 Å². The first-order valence-electron chi connectivity index (χ1n) is 10.9. The summed E-state index contributed by atoms with van der Waals surface area (Å²) in [5, 5.41) is 19.0. The van der Waals surface area contributed by atoms with Crippen LogP contribution < -0.4 is 27.0 Å². The summed E-state index contributed by atoms with van der Waals surface area (Å²) in [6.45, 7) is -1.21. The van der Waals surface area contributed by atoms with Gasteiger partial charge in [-0.15, -0.1) is 0 Å². The lowest BCUT2D eigenvalue weighted by atomic mass is 10.1. The molecule has 186 valence electrons. The average molecular weight is 484 g/mol. The summed E-state index contributed by atoms with van der Waals surface area (Å²) in [4.78, 5) is 59.9. The second kappa shape index (κ2) is 14.1. The van der Waals surface area contributed by atoms with Crippen molar-refractivity contribution in [1.29, 1.82) is 0 Å². The average Bonchev–Trinajstić information content (AvgIpc) is 2.86. The highest BCUT2D eigenvalue weighted by molar-refractivity contribution is 5.92. The van der Waals surface area contributed by atoms with Crippen molar-refractivity contribution >= 4 is 29.6 Å². The maximum atomic E-state index is 12.5. The Morgan fingerprint density at radius 3 is 1.69 bits per heavy atom. The number of carboxylic acid groups (broad SMARTS) is 1. The Bertz CT molecular complexity index is 1020. The summed E-state index contributed by atoms with van der Waals surface area (Å²) in [6.07, 6.45) is 0.281. The number of benzene rings is 2. The molecule has 0 aromatic heterocycles. The van der Waals surface area contributed by atoms with Crippen LogP contribution in [0, 0.1) is 0 Å². The van der Waals surface area contributed by atoms with Gasteiger partial charge in [-0.2, -0.15) is 0 Å². The largest absolute Gasteiger partial charge is 0.480 e. The van der Waals surface area contributed by atoms with Crippen LogP contribution in [-0.2, 0) is 36.8 Å². The molecule has 0 radical (unpaired) electrons. The normalized spacial score (nSPS) is 12.0. The molecule has 2 atom stereocenters. The van der Waals surface area contributed by atoms with Gasteiger partial charge < -0.3 is 32.1 Å². The molecular formula is C24H29N5O6.